The highest BCUT2D eigenvalue weighted by atomic mass is 16.3. The fraction of sp³-hybridized carbons (Fsp3) is 0.250. The molecule has 0 spiro atoms. The molecule has 1 aromatic carbocycles. The Morgan fingerprint density at radius 2 is 1.80 bits per heavy atom. The van der Waals surface area contributed by atoms with Crippen molar-refractivity contribution in [3.63, 3.8) is 0 Å². The van der Waals surface area contributed by atoms with Crippen LogP contribution >= 0.6 is 0 Å². The maximum absolute atomic E-state index is 9.09. The summed E-state index contributed by atoms with van der Waals surface area (Å²) in [5, 5.41) is 21.0. The molecule has 1 heterocycles. The first-order chi connectivity index (χ1) is 9.55. The number of nitrogens with one attached hydrogen (secondary N) is 1. The zero-order chi connectivity index (χ0) is 14.6. The van der Waals surface area contributed by atoms with Gasteiger partial charge in [-0.05, 0) is 43.7 Å². The molecule has 0 atom stereocenters. The van der Waals surface area contributed by atoms with E-state index in [4.69, 9.17) is 14.9 Å². The molecule has 4 heteroatoms. The molecule has 0 radical (unpaired) electrons. The Hall–Kier alpha value is -2.72. The summed E-state index contributed by atoms with van der Waals surface area (Å²) in [7, 11) is 0. The molecule has 20 heavy (non-hydrogen) atoms. The summed E-state index contributed by atoms with van der Waals surface area (Å²) in [6.07, 6.45) is 0. The Labute approximate surface area is 118 Å². The standard InChI is InChI=1S/C16H15N3O/c1-16(2,11-18)12-3-5-13(6-4-12)19-10-15-8-7-14(9-17)20-15/h3-8,19H,10H2,1-2H3. The molecule has 0 saturated carbocycles. The lowest BCUT2D eigenvalue weighted by Crippen LogP contribution is -2.13. The van der Waals surface area contributed by atoms with Crippen LogP contribution in [0.15, 0.2) is 40.8 Å². The first-order valence-electron chi connectivity index (χ1n) is 6.29. The predicted octanol–water partition coefficient (Wildman–Crippen LogP) is 3.56. The number of hydrogen-bond acceptors (Lipinski definition) is 4. The van der Waals surface area contributed by atoms with E-state index in [0.29, 0.717) is 18.1 Å². The molecule has 100 valence electrons. The Morgan fingerprint density at radius 3 is 2.35 bits per heavy atom. The van der Waals surface area contributed by atoms with E-state index in [1.807, 2.05) is 44.2 Å². The highest BCUT2D eigenvalue weighted by Gasteiger charge is 2.18. The van der Waals surface area contributed by atoms with E-state index >= 15 is 0 Å². The second-order valence-corrected chi connectivity index (χ2v) is 5.05. The van der Waals surface area contributed by atoms with Gasteiger partial charge < -0.3 is 9.73 Å². The average Bonchev–Trinajstić information content (AvgIpc) is 2.93. The van der Waals surface area contributed by atoms with Crippen LogP contribution in [0.25, 0.3) is 0 Å². The molecule has 0 amide bonds. The Balaban J connectivity index is 2.01. The van der Waals surface area contributed by atoms with Crippen molar-refractivity contribution in [2.24, 2.45) is 0 Å². The highest BCUT2D eigenvalue weighted by Crippen LogP contribution is 2.23. The number of nitrogens with zero attached hydrogens (tertiary/aromatic N) is 2. The van der Waals surface area contributed by atoms with Gasteiger partial charge in [-0.25, -0.2) is 0 Å². The summed E-state index contributed by atoms with van der Waals surface area (Å²) >= 11 is 0. The third kappa shape index (κ3) is 2.99. The topological polar surface area (TPSA) is 72.8 Å². The fourth-order valence-corrected chi connectivity index (χ4v) is 1.79. The Kier molecular flexibility index (Phi) is 3.77. The van der Waals surface area contributed by atoms with Crippen LogP contribution in [-0.2, 0) is 12.0 Å². The third-order valence-corrected chi connectivity index (χ3v) is 3.12. The van der Waals surface area contributed by atoms with Crippen LogP contribution in [0.4, 0.5) is 5.69 Å². The first kappa shape index (κ1) is 13.7. The summed E-state index contributed by atoms with van der Waals surface area (Å²) in [5.41, 5.74) is 1.44. The summed E-state index contributed by atoms with van der Waals surface area (Å²) in [5.74, 6) is 1.02. The van der Waals surface area contributed by atoms with Crippen LogP contribution in [0.2, 0.25) is 0 Å². The van der Waals surface area contributed by atoms with E-state index < -0.39 is 5.41 Å². The largest absolute Gasteiger partial charge is 0.449 e. The molecule has 0 aliphatic rings. The van der Waals surface area contributed by atoms with Crippen molar-refractivity contribution in [2.45, 2.75) is 25.8 Å². The van der Waals surface area contributed by atoms with Crippen LogP contribution in [-0.4, -0.2) is 0 Å². The molecule has 0 aliphatic carbocycles. The van der Waals surface area contributed by atoms with E-state index in [1.165, 1.54) is 0 Å². The molecule has 2 rings (SSSR count). The van der Waals surface area contributed by atoms with Gasteiger partial charge in [0.1, 0.15) is 11.8 Å². The van der Waals surface area contributed by atoms with Gasteiger partial charge in [-0.2, -0.15) is 10.5 Å². The first-order valence-corrected chi connectivity index (χ1v) is 6.29. The van der Waals surface area contributed by atoms with Gasteiger partial charge in [-0.1, -0.05) is 12.1 Å². The minimum Gasteiger partial charge on any atom is -0.449 e. The zero-order valence-electron chi connectivity index (χ0n) is 11.5. The van der Waals surface area contributed by atoms with Gasteiger partial charge in [0.25, 0.3) is 0 Å². The number of hydrogen-bond donors (Lipinski definition) is 1. The molecule has 1 aromatic heterocycles. The van der Waals surface area contributed by atoms with Crippen LogP contribution < -0.4 is 5.32 Å². The lowest BCUT2D eigenvalue weighted by molar-refractivity contribution is 0.506. The minimum absolute atomic E-state index is 0.313. The van der Waals surface area contributed by atoms with Gasteiger partial charge in [-0.3, -0.25) is 0 Å². The molecular formula is C16H15N3O. The Bertz CT molecular complexity index is 669. The molecular weight excluding hydrogens is 250 g/mol. The number of nitriles is 2. The SMILES string of the molecule is CC(C)(C#N)c1ccc(NCc2ccc(C#N)o2)cc1. The second kappa shape index (κ2) is 5.50. The molecule has 2 aromatic rings. The molecule has 0 aliphatic heterocycles. The van der Waals surface area contributed by atoms with Gasteiger partial charge in [0.05, 0.1) is 18.0 Å². The highest BCUT2D eigenvalue weighted by molar-refractivity contribution is 5.47. The van der Waals surface area contributed by atoms with Gasteiger partial charge in [0, 0.05) is 5.69 Å². The average molecular weight is 265 g/mol. The predicted molar refractivity (Wildman–Crippen MR) is 75.8 cm³/mol. The lowest BCUT2D eigenvalue weighted by Gasteiger charge is -2.16. The molecule has 0 fully saturated rings. The molecule has 0 bridgehead atoms. The summed E-state index contributed by atoms with van der Waals surface area (Å²) in [6, 6.07) is 15.4. The number of benzene rings is 1. The normalized spacial score (nSPS) is 10.6. The van der Waals surface area contributed by atoms with Crippen molar-refractivity contribution >= 4 is 5.69 Å². The summed E-state index contributed by atoms with van der Waals surface area (Å²) in [4.78, 5) is 0. The smallest absolute Gasteiger partial charge is 0.203 e. The van der Waals surface area contributed by atoms with Crippen molar-refractivity contribution in [3.05, 3.63) is 53.5 Å². The Morgan fingerprint density at radius 1 is 1.10 bits per heavy atom. The second-order valence-electron chi connectivity index (χ2n) is 5.05. The maximum atomic E-state index is 9.09. The van der Waals surface area contributed by atoms with Crippen molar-refractivity contribution < 1.29 is 4.42 Å². The monoisotopic (exact) mass is 265 g/mol. The van der Waals surface area contributed by atoms with Gasteiger partial charge in [0.2, 0.25) is 5.76 Å². The van der Waals surface area contributed by atoms with Crippen LogP contribution in [0.1, 0.15) is 30.9 Å². The number of anilines is 1. The lowest BCUT2D eigenvalue weighted by atomic mass is 9.86. The fourth-order valence-electron chi connectivity index (χ4n) is 1.79. The van der Waals surface area contributed by atoms with E-state index in [0.717, 1.165) is 11.3 Å². The van der Waals surface area contributed by atoms with Crippen molar-refractivity contribution in [2.75, 3.05) is 5.32 Å². The third-order valence-electron chi connectivity index (χ3n) is 3.12. The van der Waals surface area contributed by atoms with E-state index in [9.17, 15) is 0 Å². The van der Waals surface area contributed by atoms with Gasteiger partial charge >= 0.3 is 0 Å². The molecule has 4 nitrogen and oxygen atoms in total. The molecule has 0 saturated heterocycles. The number of rotatable bonds is 4. The minimum atomic E-state index is -0.485. The van der Waals surface area contributed by atoms with E-state index in [2.05, 4.69) is 11.4 Å². The van der Waals surface area contributed by atoms with Gasteiger partial charge in [-0.15, -0.1) is 0 Å². The van der Waals surface area contributed by atoms with Crippen LogP contribution in [0, 0.1) is 22.7 Å². The quantitative estimate of drug-likeness (QED) is 0.917. The van der Waals surface area contributed by atoms with Crippen LogP contribution in [0.3, 0.4) is 0 Å². The van der Waals surface area contributed by atoms with E-state index in [1.54, 1.807) is 12.1 Å². The maximum Gasteiger partial charge on any atom is 0.203 e. The van der Waals surface area contributed by atoms with Crippen molar-refractivity contribution in [1.82, 2.24) is 0 Å². The molecule has 0 unspecified atom stereocenters. The van der Waals surface area contributed by atoms with Crippen molar-refractivity contribution in [1.29, 1.82) is 10.5 Å². The van der Waals surface area contributed by atoms with Gasteiger partial charge in [0.15, 0.2) is 0 Å². The zero-order valence-corrected chi connectivity index (χ0v) is 11.5. The summed E-state index contributed by atoms with van der Waals surface area (Å²) in [6.45, 7) is 4.30. The van der Waals surface area contributed by atoms with Crippen molar-refractivity contribution in [3.8, 4) is 12.1 Å². The van der Waals surface area contributed by atoms with E-state index in [-0.39, 0.29) is 0 Å². The number of furan rings is 1. The summed E-state index contributed by atoms with van der Waals surface area (Å²) < 4.78 is 5.28. The molecule has 1 N–H and O–H groups in total. The van der Waals surface area contributed by atoms with Crippen LogP contribution in [0.5, 0.6) is 0 Å².